The average Bonchev–Trinajstić information content (AvgIpc) is 3.14. The number of H-pyrrole nitrogens is 1. The quantitative estimate of drug-likeness (QED) is 0.757. The van der Waals surface area contributed by atoms with Crippen LogP contribution in [0.5, 0.6) is 0 Å². The maximum atomic E-state index is 13.5. The van der Waals surface area contributed by atoms with Crippen LogP contribution in [0.4, 0.5) is 18.9 Å². The van der Waals surface area contributed by atoms with Crippen LogP contribution in [0.15, 0.2) is 27.4 Å². The first-order chi connectivity index (χ1) is 12.8. The molecule has 1 aliphatic carbocycles. The molecule has 2 bridgehead atoms. The van der Waals surface area contributed by atoms with Crippen molar-refractivity contribution in [1.29, 1.82) is 0 Å². The highest BCUT2D eigenvalue weighted by atomic mass is 19.4. The van der Waals surface area contributed by atoms with Crippen molar-refractivity contribution >= 4 is 5.69 Å². The van der Waals surface area contributed by atoms with Gasteiger partial charge in [0, 0.05) is 17.3 Å². The van der Waals surface area contributed by atoms with Crippen LogP contribution < -0.4 is 16.4 Å². The van der Waals surface area contributed by atoms with E-state index in [1.54, 1.807) is 0 Å². The summed E-state index contributed by atoms with van der Waals surface area (Å²) in [5.74, 6) is 0.506. The fourth-order valence-electron chi connectivity index (χ4n) is 4.68. The minimum atomic E-state index is -4.49. The average molecular weight is 382 g/mol. The zero-order valence-corrected chi connectivity index (χ0v) is 14.8. The lowest BCUT2D eigenvalue weighted by Gasteiger charge is -2.36. The van der Waals surface area contributed by atoms with Gasteiger partial charge in [-0.05, 0) is 68.8 Å². The molecule has 9 heteroatoms. The Morgan fingerprint density at radius 1 is 1.26 bits per heavy atom. The number of hydrogen-bond donors (Lipinski definition) is 3. The Morgan fingerprint density at radius 2 is 1.96 bits per heavy atom. The Labute approximate surface area is 153 Å². The number of benzene rings is 1. The standard InChI is InChI=1S/C18H21F3N4O2/c1-9(15-11-2-3-12(15)8-22-7-11)23-14-6-10(16-24-25-17(26)27-16)4-5-13(14)18(19,20)21/h4-6,9,11-12,15,22-23H,2-3,7-8H2,1H3,(H,25,26)/t9-,11-,12+,15-/m0/s1. The molecule has 1 saturated heterocycles. The number of aromatic amines is 1. The van der Waals surface area contributed by atoms with Gasteiger partial charge in [0.2, 0.25) is 5.89 Å². The van der Waals surface area contributed by atoms with Gasteiger partial charge in [-0.3, -0.25) is 0 Å². The SMILES string of the molecule is C[C@H](Nc1cc(-c2n[nH]c(=O)o2)ccc1C(F)(F)F)[C@@H]1[C@@H]2CC[C@H]1CNC2. The van der Waals surface area contributed by atoms with Crippen molar-refractivity contribution in [2.24, 2.45) is 17.8 Å². The predicted molar refractivity (Wildman–Crippen MR) is 93.2 cm³/mol. The summed E-state index contributed by atoms with van der Waals surface area (Å²) in [6, 6.07) is 3.50. The van der Waals surface area contributed by atoms with E-state index in [1.807, 2.05) is 6.92 Å². The molecule has 3 N–H and O–H groups in total. The summed E-state index contributed by atoms with van der Waals surface area (Å²) in [7, 11) is 0. The lowest BCUT2D eigenvalue weighted by Crippen LogP contribution is -2.45. The summed E-state index contributed by atoms with van der Waals surface area (Å²) < 4.78 is 45.4. The molecule has 0 amide bonds. The molecule has 0 unspecified atom stereocenters. The number of fused-ring (bicyclic) bond motifs is 2. The second-order valence-electron chi connectivity index (χ2n) is 7.44. The van der Waals surface area contributed by atoms with Gasteiger partial charge in [0.05, 0.1) is 5.56 Å². The van der Waals surface area contributed by atoms with Crippen LogP contribution in [-0.4, -0.2) is 29.3 Å². The first kappa shape index (κ1) is 18.1. The smallest absolute Gasteiger partial charge is 0.388 e. The van der Waals surface area contributed by atoms with Gasteiger partial charge >= 0.3 is 11.9 Å². The fourth-order valence-corrected chi connectivity index (χ4v) is 4.68. The molecule has 0 spiro atoms. The van der Waals surface area contributed by atoms with Gasteiger partial charge in [-0.15, -0.1) is 5.10 Å². The van der Waals surface area contributed by atoms with E-state index < -0.39 is 17.5 Å². The highest BCUT2D eigenvalue weighted by molar-refractivity contribution is 5.65. The molecular formula is C18H21F3N4O2. The molecule has 6 nitrogen and oxygen atoms in total. The summed E-state index contributed by atoms with van der Waals surface area (Å²) in [6.45, 7) is 3.78. The second-order valence-corrected chi connectivity index (χ2v) is 7.44. The van der Waals surface area contributed by atoms with Crippen molar-refractivity contribution in [1.82, 2.24) is 15.5 Å². The summed E-state index contributed by atoms with van der Waals surface area (Å²) in [5, 5.41) is 12.3. The first-order valence-corrected chi connectivity index (χ1v) is 9.07. The van der Waals surface area contributed by atoms with E-state index in [-0.39, 0.29) is 17.6 Å². The van der Waals surface area contributed by atoms with E-state index in [0.29, 0.717) is 23.3 Å². The van der Waals surface area contributed by atoms with Crippen LogP contribution in [0, 0.1) is 17.8 Å². The van der Waals surface area contributed by atoms with E-state index in [2.05, 4.69) is 20.8 Å². The number of piperidine rings is 1. The molecular weight excluding hydrogens is 361 g/mol. The molecule has 27 heavy (non-hydrogen) atoms. The van der Waals surface area contributed by atoms with Gasteiger partial charge < -0.3 is 15.1 Å². The Balaban J connectivity index is 1.66. The molecule has 1 aromatic carbocycles. The molecule has 2 heterocycles. The minimum Gasteiger partial charge on any atom is -0.388 e. The molecule has 1 aliphatic heterocycles. The second kappa shape index (κ2) is 6.70. The van der Waals surface area contributed by atoms with Gasteiger partial charge in [0.15, 0.2) is 0 Å². The summed E-state index contributed by atoms with van der Waals surface area (Å²) in [4.78, 5) is 11.2. The predicted octanol–water partition coefficient (Wildman–Crippen LogP) is 3.09. The maximum absolute atomic E-state index is 13.5. The Bertz CT molecular complexity index is 860. The van der Waals surface area contributed by atoms with Crippen LogP contribution in [-0.2, 0) is 6.18 Å². The number of alkyl halides is 3. The Hall–Kier alpha value is -2.29. The molecule has 2 fully saturated rings. The van der Waals surface area contributed by atoms with Gasteiger partial charge in [0.1, 0.15) is 0 Å². The van der Waals surface area contributed by atoms with E-state index in [9.17, 15) is 18.0 Å². The highest BCUT2D eigenvalue weighted by Crippen LogP contribution is 2.43. The molecule has 1 saturated carbocycles. The lowest BCUT2D eigenvalue weighted by atomic mass is 9.81. The van der Waals surface area contributed by atoms with Crippen LogP contribution in [0.2, 0.25) is 0 Å². The summed E-state index contributed by atoms with van der Waals surface area (Å²) >= 11 is 0. The Morgan fingerprint density at radius 3 is 2.56 bits per heavy atom. The molecule has 0 radical (unpaired) electrons. The van der Waals surface area contributed by atoms with E-state index in [1.165, 1.54) is 12.1 Å². The molecule has 2 aromatic rings. The number of hydrogen-bond acceptors (Lipinski definition) is 5. The monoisotopic (exact) mass is 382 g/mol. The number of aromatic nitrogens is 2. The van der Waals surface area contributed by atoms with E-state index in [4.69, 9.17) is 4.42 Å². The third-order valence-corrected chi connectivity index (χ3v) is 5.78. The number of halogens is 3. The van der Waals surface area contributed by atoms with Crippen molar-refractivity contribution in [2.45, 2.75) is 32.0 Å². The Kier molecular flexibility index (Phi) is 4.49. The highest BCUT2D eigenvalue weighted by Gasteiger charge is 2.42. The topological polar surface area (TPSA) is 83.0 Å². The number of rotatable bonds is 4. The third-order valence-electron chi connectivity index (χ3n) is 5.78. The molecule has 4 rings (SSSR count). The molecule has 2 aliphatic rings. The van der Waals surface area contributed by atoms with Crippen molar-refractivity contribution in [3.05, 3.63) is 34.3 Å². The van der Waals surface area contributed by atoms with Crippen LogP contribution in [0.1, 0.15) is 25.3 Å². The van der Waals surface area contributed by atoms with E-state index in [0.717, 1.165) is 32.0 Å². The van der Waals surface area contributed by atoms with E-state index >= 15 is 0 Å². The fraction of sp³-hybridized carbons (Fsp3) is 0.556. The number of nitrogens with one attached hydrogen (secondary N) is 3. The van der Waals surface area contributed by atoms with Crippen molar-refractivity contribution in [3.8, 4) is 11.5 Å². The molecule has 146 valence electrons. The zero-order chi connectivity index (χ0) is 19.2. The van der Waals surface area contributed by atoms with Crippen LogP contribution >= 0.6 is 0 Å². The van der Waals surface area contributed by atoms with Crippen LogP contribution in [0.3, 0.4) is 0 Å². The summed E-state index contributed by atoms with van der Waals surface area (Å²) in [6.07, 6.45) is -2.27. The maximum Gasteiger partial charge on any atom is 0.434 e. The zero-order valence-electron chi connectivity index (χ0n) is 14.8. The van der Waals surface area contributed by atoms with Crippen molar-refractivity contribution in [3.63, 3.8) is 0 Å². The first-order valence-electron chi connectivity index (χ1n) is 9.07. The number of anilines is 1. The summed E-state index contributed by atoms with van der Waals surface area (Å²) in [5.41, 5.74) is -0.447. The van der Waals surface area contributed by atoms with Gasteiger partial charge in [0.25, 0.3) is 0 Å². The van der Waals surface area contributed by atoms with Crippen LogP contribution in [0.25, 0.3) is 11.5 Å². The molecule has 4 atom stereocenters. The van der Waals surface area contributed by atoms with Crippen molar-refractivity contribution in [2.75, 3.05) is 18.4 Å². The largest absolute Gasteiger partial charge is 0.434 e. The lowest BCUT2D eigenvalue weighted by molar-refractivity contribution is -0.137. The van der Waals surface area contributed by atoms with Gasteiger partial charge in [-0.1, -0.05) is 0 Å². The van der Waals surface area contributed by atoms with Gasteiger partial charge in [-0.2, -0.15) is 13.2 Å². The third kappa shape index (κ3) is 3.47. The van der Waals surface area contributed by atoms with Gasteiger partial charge in [-0.25, -0.2) is 9.89 Å². The molecule has 1 aromatic heterocycles. The van der Waals surface area contributed by atoms with Crippen molar-refractivity contribution < 1.29 is 17.6 Å². The minimum absolute atomic E-state index is 0.0175. The normalized spacial score (nSPS) is 26.1. The number of nitrogens with zero attached hydrogens (tertiary/aromatic N) is 1.